The van der Waals surface area contributed by atoms with Crippen molar-refractivity contribution in [2.75, 3.05) is 35.5 Å². The number of ether oxygens (including phenoxy) is 1. The first-order valence-corrected chi connectivity index (χ1v) is 12.6. The molecular formula is C23H27N3O5S. The monoisotopic (exact) mass is 457 g/mol. The summed E-state index contributed by atoms with van der Waals surface area (Å²) < 4.78 is 31.7. The Bertz CT molecular complexity index is 1110. The smallest absolute Gasteiger partial charge is 0.265 e. The Morgan fingerprint density at radius 2 is 1.66 bits per heavy atom. The maximum absolute atomic E-state index is 13.1. The Kier molecular flexibility index (Phi) is 6.36. The summed E-state index contributed by atoms with van der Waals surface area (Å²) in [4.78, 5) is 27.9. The Morgan fingerprint density at radius 1 is 0.969 bits per heavy atom. The van der Waals surface area contributed by atoms with Crippen molar-refractivity contribution >= 4 is 33.2 Å². The van der Waals surface area contributed by atoms with E-state index in [1.807, 2.05) is 4.90 Å². The molecule has 2 aromatic rings. The number of fused-ring (bicyclic) bond motifs is 1. The zero-order chi connectivity index (χ0) is 22.7. The summed E-state index contributed by atoms with van der Waals surface area (Å²) >= 11 is 0. The van der Waals surface area contributed by atoms with Gasteiger partial charge in [-0.3, -0.25) is 13.9 Å². The first-order chi connectivity index (χ1) is 15.3. The molecule has 0 bridgehead atoms. The Balaban J connectivity index is 1.55. The van der Waals surface area contributed by atoms with Gasteiger partial charge in [-0.25, -0.2) is 8.42 Å². The van der Waals surface area contributed by atoms with Gasteiger partial charge in [-0.2, -0.15) is 0 Å². The molecule has 1 N–H and O–H groups in total. The van der Waals surface area contributed by atoms with E-state index < -0.39 is 22.0 Å². The minimum absolute atomic E-state index is 0.101. The van der Waals surface area contributed by atoms with Crippen molar-refractivity contribution in [3.05, 3.63) is 54.1 Å². The predicted molar refractivity (Wildman–Crippen MR) is 122 cm³/mol. The lowest BCUT2D eigenvalue weighted by Gasteiger charge is -2.27. The van der Waals surface area contributed by atoms with E-state index in [1.54, 1.807) is 48.5 Å². The van der Waals surface area contributed by atoms with Crippen LogP contribution in [0.15, 0.2) is 48.5 Å². The summed E-state index contributed by atoms with van der Waals surface area (Å²) in [6, 6.07) is 13.7. The second kappa shape index (κ2) is 9.20. The third-order valence-electron chi connectivity index (χ3n) is 5.75. The number of rotatable bonds is 4. The van der Waals surface area contributed by atoms with Crippen molar-refractivity contribution in [2.45, 2.75) is 31.8 Å². The van der Waals surface area contributed by atoms with E-state index in [2.05, 4.69) is 5.32 Å². The molecule has 2 aliphatic heterocycles. The van der Waals surface area contributed by atoms with E-state index in [-0.39, 0.29) is 18.9 Å². The number of carbonyl (C=O) groups excluding carboxylic acids is 2. The topological polar surface area (TPSA) is 96.0 Å². The van der Waals surface area contributed by atoms with Crippen molar-refractivity contribution in [3.63, 3.8) is 0 Å². The maximum atomic E-state index is 13.1. The van der Waals surface area contributed by atoms with Gasteiger partial charge in [-0.15, -0.1) is 0 Å². The van der Waals surface area contributed by atoms with Gasteiger partial charge in [0.15, 0.2) is 6.10 Å². The van der Waals surface area contributed by atoms with Crippen molar-refractivity contribution in [1.82, 2.24) is 4.90 Å². The molecule has 9 heteroatoms. The number of sulfonamides is 1. The molecule has 2 aromatic carbocycles. The van der Waals surface area contributed by atoms with E-state index in [9.17, 15) is 18.0 Å². The summed E-state index contributed by atoms with van der Waals surface area (Å²) in [5.74, 6) is -0.196. The molecule has 4 rings (SSSR count). The third kappa shape index (κ3) is 4.72. The van der Waals surface area contributed by atoms with Crippen LogP contribution >= 0.6 is 0 Å². The fraction of sp³-hybridized carbons (Fsp3) is 0.391. The average Bonchev–Trinajstić information content (AvgIpc) is 2.99. The van der Waals surface area contributed by atoms with Crippen molar-refractivity contribution in [1.29, 1.82) is 0 Å². The third-order valence-corrected chi connectivity index (χ3v) is 6.93. The largest absolute Gasteiger partial charge is 0.478 e. The van der Waals surface area contributed by atoms with Gasteiger partial charge >= 0.3 is 0 Å². The minimum Gasteiger partial charge on any atom is -0.478 e. The molecule has 0 aliphatic carbocycles. The fourth-order valence-electron chi connectivity index (χ4n) is 4.12. The average molecular weight is 458 g/mol. The van der Waals surface area contributed by atoms with Crippen LogP contribution in [0.5, 0.6) is 5.75 Å². The Labute approximate surface area is 188 Å². The summed E-state index contributed by atoms with van der Waals surface area (Å²) in [5.41, 5.74) is 1.27. The van der Waals surface area contributed by atoms with Crippen LogP contribution in [0.3, 0.4) is 0 Å². The molecule has 2 heterocycles. The van der Waals surface area contributed by atoms with Crippen molar-refractivity contribution in [2.24, 2.45) is 0 Å². The Hall–Kier alpha value is -3.07. The highest BCUT2D eigenvalue weighted by atomic mass is 32.2. The Morgan fingerprint density at radius 3 is 2.41 bits per heavy atom. The number of para-hydroxylation sites is 3. The van der Waals surface area contributed by atoms with Crippen LogP contribution < -0.4 is 14.4 Å². The zero-order valence-corrected chi connectivity index (χ0v) is 18.8. The molecule has 0 spiro atoms. The minimum atomic E-state index is -3.53. The van der Waals surface area contributed by atoms with Crippen LogP contribution in [0.2, 0.25) is 0 Å². The lowest BCUT2D eigenvalue weighted by Crippen LogP contribution is -2.38. The first kappa shape index (κ1) is 22.1. The van der Waals surface area contributed by atoms with Gasteiger partial charge in [0.05, 0.1) is 23.2 Å². The van der Waals surface area contributed by atoms with E-state index in [0.29, 0.717) is 35.8 Å². The zero-order valence-electron chi connectivity index (χ0n) is 18.0. The molecule has 170 valence electrons. The fourth-order valence-corrected chi connectivity index (χ4v) is 5.06. The highest BCUT2D eigenvalue weighted by molar-refractivity contribution is 7.92. The van der Waals surface area contributed by atoms with Gasteiger partial charge in [0.2, 0.25) is 10.0 Å². The second-order valence-electron chi connectivity index (χ2n) is 8.09. The molecule has 1 atom stereocenters. The van der Waals surface area contributed by atoms with Crippen molar-refractivity contribution in [3.8, 4) is 5.75 Å². The molecule has 2 aliphatic rings. The quantitative estimate of drug-likeness (QED) is 0.762. The van der Waals surface area contributed by atoms with E-state index >= 15 is 0 Å². The molecule has 8 nitrogen and oxygen atoms in total. The number of hydrogen-bond donors (Lipinski definition) is 1. The van der Waals surface area contributed by atoms with Crippen LogP contribution in [0.4, 0.5) is 11.4 Å². The summed E-state index contributed by atoms with van der Waals surface area (Å²) in [7, 11) is -3.53. The standard InChI is InChI=1S/C23H27N3O5S/c1-32(29,30)26-16-13-21(31-20-12-6-5-11-19(20)26)22(27)24-18-10-4-3-9-17(18)23(28)25-14-7-2-8-15-25/h3-6,9-12,21H,2,7-8,13-16H2,1H3,(H,24,27)/t21-/m1/s1. The number of benzene rings is 2. The van der Waals surface area contributed by atoms with E-state index in [4.69, 9.17) is 4.74 Å². The molecular weight excluding hydrogens is 430 g/mol. The molecule has 0 radical (unpaired) electrons. The first-order valence-electron chi connectivity index (χ1n) is 10.8. The van der Waals surface area contributed by atoms with Gasteiger partial charge in [0.1, 0.15) is 5.75 Å². The molecule has 1 fully saturated rings. The highest BCUT2D eigenvalue weighted by Gasteiger charge is 2.31. The van der Waals surface area contributed by atoms with Crippen LogP contribution in [-0.2, 0) is 14.8 Å². The number of carbonyl (C=O) groups is 2. The molecule has 0 aromatic heterocycles. The normalized spacial score (nSPS) is 18.8. The van der Waals surface area contributed by atoms with Crippen LogP contribution in [0, 0.1) is 0 Å². The number of likely N-dealkylation sites (tertiary alicyclic amines) is 1. The number of hydrogen-bond acceptors (Lipinski definition) is 5. The van der Waals surface area contributed by atoms with Gasteiger partial charge in [-0.05, 0) is 43.5 Å². The molecule has 32 heavy (non-hydrogen) atoms. The summed E-state index contributed by atoms with van der Waals surface area (Å²) in [5, 5.41) is 2.83. The van der Waals surface area contributed by atoms with Gasteiger partial charge in [-0.1, -0.05) is 24.3 Å². The van der Waals surface area contributed by atoms with Gasteiger partial charge in [0.25, 0.3) is 11.8 Å². The number of anilines is 2. The lowest BCUT2D eigenvalue weighted by molar-refractivity contribution is -0.122. The molecule has 0 unspecified atom stereocenters. The molecule has 0 saturated carbocycles. The van der Waals surface area contributed by atoms with Crippen LogP contribution in [0.25, 0.3) is 0 Å². The van der Waals surface area contributed by atoms with Crippen LogP contribution in [-0.4, -0.2) is 57.1 Å². The van der Waals surface area contributed by atoms with Crippen molar-refractivity contribution < 1.29 is 22.7 Å². The number of piperidine rings is 1. The lowest BCUT2D eigenvalue weighted by atomic mass is 10.1. The predicted octanol–water partition coefficient (Wildman–Crippen LogP) is 2.87. The SMILES string of the molecule is CS(=O)(=O)N1CC[C@H](C(=O)Nc2ccccc2C(=O)N2CCCCC2)Oc2ccccc21. The van der Waals surface area contributed by atoms with Gasteiger partial charge in [0, 0.05) is 26.1 Å². The molecule has 1 saturated heterocycles. The highest BCUT2D eigenvalue weighted by Crippen LogP contribution is 2.34. The summed E-state index contributed by atoms with van der Waals surface area (Å²) in [6.45, 7) is 1.54. The maximum Gasteiger partial charge on any atom is 0.265 e. The van der Waals surface area contributed by atoms with Crippen LogP contribution in [0.1, 0.15) is 36.0 Å². The molecule has 2 amide bonds. The van der Waals surface area contributed by atoms with E-state index in [0.717, 1.165) is 25.5 Å². The van der Waals surface area contributed by atoms with E-state index in [1.165, 1.54) is 4.31 Å². The van der Waals surface area contributed by atoms with Gasteiger partial charge < -0.3 is 15.0 Å². The number of amides is 2. The second-order valence-corrected chi connectivity index (χ2v) is 9.99. The summed E-state index contributed by atoms with van der Waals surface area (Å²) in [6.07, 6.45) is 3.48. The number of nitrogens with one attached hydrogen (secondary N) is 1. The number of nitrogens with zero attached hydrogens (tertiary/aromatic N) is 2.